The first kappa shape index (κ1) is 12.1. The highest BCUT2D eigenvalue weighted by Crippen LogP contribution is 2.39. The summed E-state index contributed by atoms with van der Waals surface area (Å²) in [4.78, 5) is 9.78. The van der Waals surface area contributed by atoms with E-state index in [1.165, 1.54) is 45.4 Å². The van der Waals surface area contributed by atoms with Gasteiger partial charge in [-0.15, -0.1) is 0 Å². The van der Waals surface area contributed by atoms with Crippen LogP contribution in [0.5, 0.6) is 0 Å². The highest BCUT2D eigenvalue weighted by atomic mass is 32.1. The molecular weight excluding hydrogens is 258 g/mol. The molecule has 1 atom stereocenters. The van der Waals surface area contributed by atoms with E-state index in [0.29, 0.717) is 5.92 Å². The molecule has 3 heterocycles. The van der Waals surface area contributed by atoms with Gasteiger partial charge in [0.15, 0.2) is 0 Å². The molecule has 4 rings (SSSR count). The first-order valence-electron chi connectivity index (χ1n) is 7.43. The van der Waals surface area contributed by atoms with Crippen molar-refractivity contribution in [2.45, 2.75) is 31.2 Å². The van der Waals surface area contributed by atoms with Crippen molar-refractivity contribution >= 4 is 16.7 Å². The van der Waals surface area contributed by atoms with Gasteiger partial charge in [0.25, 0.3) is 0 Å². The van der Waals surface area contributed by atoms with Crippen molar-refractivity contribution in [1.29, 1.82) is 0 Å². The summed E-state index contributed by atoms with van der Waals surface area (Å²) in [6.45, 7) is 6.91. The first-order chi connectivity index (χ1) is 9.40. The van der Waals surface area contributed by atoms with Crippen LogP contribution in [0.1, 0.15) is 31.0 Å². The fourth-order valence-corrected chi connectivity index (χ4v) is 3.89. The van der Waals surface area contributed by atoms with Crippen molar-refractivity contribution in [2.75, 3.05) is 44.2 Å². The summed E-state index contributed by atoms with van der Waals surface area (Å²) in [5.41, 5.74) is 0. The van der Waals surface area contributed by atoms with E-state index in [0.717, 1.165) is 30.1 Å². The van der Waals surface area contributed by atoms with Crippen LogP contribution in [0.15, 0.2) is 0 Å². The summed E-state index contributed by atoms with van der Waals surface area (Å²) in [6.07, 6.45) is 3.89. The van der Waals surface area contributed by atoms with Crippen LogP contribution in [0, 0.1) is 0 Å². The molecule has 0 spiro atoms. The van der Waals surface area contributed by atoms with Gasteiger partial charge in [0.1, 0.15) is 5.82 Å². The fraction of sp³-hybridized carbons (Fsp3) is 0.846. The van der Waals surface area contributed by atoms with Crippen LogP contribution in [0.4, 0.5) is 5.13 Å². The number of aromatic nitrogens is 2. The number of nitrogens with one attached hydrogen (secondary N) is 1. The van der Waals surface area contributed by atoms with Gasteiger partial charge in [-0.3, -0.25) is 4.90 Å². The third-order valence-corrected chi connectivity index (χ3v) is 5.30. The standard InChI is InChI=1S/C13H21N5S/c1-2-10(1)12-15-13(19-16-12)18-7-5-17(6-8-18)11-3-4-14-9-11/h10-11,14H,1-9H2. The summed E-state index contributed by atoms with van der Waals surface area (Å²) in [7, 11) is 0. The van der Waals surface area contributed by atoms with Crippen LogP contribution in [0.2, 0.25) is 0 Å². The Morgan fingerprint density at radius 1 is 1.11 bits per heavy atom. The average molecular weight is 279 g/mol. The van der Waals surface area contributed by atoms with E-state index in [2.05, 4.69) is 19.5 Å². The molecule has 3 aliphatic rings. The Morgan fingerprint density at radius 3 is 2.63 bits per heavy atom. The molecule has 0 aromatic carbocycles. The molecule has 1 saturated carbocycles. The maximum Gasteiger partial charge on any atom is 0.205 e. The summed E-state index contributed by atoms with van der Waals surface area (Å²) < 4.78 is 4.52. The Bertz CT molecular complexity index is 430. The third kappa shape index (κ3) is 2.49. The molecule has 6 heteroatoms. The summed E-state index contributed by atoms with van der Waals surface area (Å²) in [6, 6.07) is 0.763. The summed E-state index contributed by atoms with van der Waals surface area (Å²) in [5.74, 6) is 1.78. The molecule has 1 N–H and O–H groups in total. The monoisotopic (exact) mass is 279 g/mol. The van der Waals surface area contributed by atoms with Crippen LogP contribution in [0.3, 0.4) is 0 Å². The van der Waals surface area contributed by atoms with E-state index in [4.69, 9.17) is 4.98 Å². The Hall–Kier alpha value is -0.720. The maximum absolute atomic E-state index is 4.72. The van der Waals surface area contributed by atoms with Crippen LogP contribution < -0.4 is 10.2 Å². The SMILES string of the molecule is C1CC(N2CCN(c3nc(C4CC4)ns3)CC2)CN1. The number of nitrogens with zero attached hydrogens (tertiary/aromatic N) is 4. The second-order valence-electron chi connectivity index (χ2n) is 5.88. The molecule has 104 valence electrons. The van der Waals surface area contributed by atoms with E-state index in [1.807, 2.05) is 0 Å². The van der Waals surface area contributed by atoms with Crippen LogP contribution in [-0.4, -0.2) is 59.6 Å². The molecule has 1 aromatic rings. The second kappa shape index (κ2) is 5.00. The fourth-order valence-electron chi connectivity index (χ4n) is 3.09. The topological polar surface area (TPSA) is 44.3 Å². The van der Waals surface area contributed by atoms with Crippen molar-refractivity contribution in [3.8, 4) is 0 Å². The van der Waals surface area contributed by atoms with Gasteiger partial charge >= 0.3 is 0 Å². The maximum atomic E-state index is 4.72. The molecule has 1 aliphatic carbocycles. The zero-order valence-corrected chi connectivity index (χ0v) is 12.0. The van der Waals surface area contributed by atoms with Gasteiger partial charge in [-0.05, 0) is 25.8 Å². The van der Waals surface area contributed by atoms with E-state index in [1.54, 1.807) is 11.5 Å². The van der Waals surface area contributed by atoms with E-state index in [-0.39, 0.29) is 0 Å². The highest BCUT2D eigenvalue weighted by Gasteiger charge is 2.30. The largest absolute Gasteiger partial charge is 0.344 e. The van der Waals surface area contributed by atoms with Crippen molar-refractivity contribution in [1.82, 2.24) is 19.6 Å². The molecule has 1 aromatic heterocycles. The van der Waals surface area contributed by atoms with Crippen LogP contribution >= 0.6 is 11.5 Å². The number of hydrogen-bond donors (Lipinski definition) is 1. The van der Waals surface area contributed by atoms with Gasteiger partial charge in [-0.1, -0.05) is 0 Å². The Balaban J connectivity index is 1.36. The van der Waals surface area contributed by atoms with Crippen molar-refractivity contribution < 1.29 is 0 Å². The average Bonchev–Trinajstić information content (AvgIpc) is 2.97. The molecule has 0 radical (unpaired) electrons. The predicted molar refractivity (Wildman–Crippen MR) is 76.9 cm³/mol. The van der Waals surface area contributed by atoms with E-state index in [9.17, 15) is 0 Å². The highest BCUT2D eigenvalue weighted by molar-refractivity contribution is 7.09. The van der Waals surface area contributed by atoms with Gasteiger partial charge < -0.3 is 10.2 Å². The molecule has 2 aliphatic heterocycles. The lowest BCUT2D eigenvalue weighted by Crippen LogP contribution is -2.51. The summed E-state index contributed by atoms with van der Waals surface area (Å²) in [5, 5.41) is 4.60. The number of anilines is 1. The number of piperazine rings is 1. The third-order valence-electron chi connectivity index (χ3n) is 4.51. The Kier molecular flexibility index (Phi) is 3.17. The summed E-state index contributed by atoms with van der Waals surface area (Å²) >= 11 is 1.59. The van der Waals surface area contributed by atoms with Crippen LogP contribution in [-0.2, 0) is 0 Å². The lowest BCUT2D eigenvalue weighted by atomic mass is 10.2. The molecule has 2 saturated heterocycles. The zero-order valence-electron chi connectivity index (χ0n) is 11.2. The van der Waals surface area contributed by atoms with Gasteiger partial charge in [-0.2, -0.15) is 4.37 Å². The molecule has 3 fully saturated rings. The molecule has 0 amide bonds. The first-order valence-corrected chi connectivity index (χ1v) is 8.21. The van der Waals surface area contributed by atoms with E-state index >= 15 is 0 Å². The molecule has 5 nitrogen and oxygen atoms in total. The molecule has 19 heavy (non-hydrogen) atoms. The number of rotatable bonds is 3. The van der Waals surface area contributed by atoms with Crippen LogP contribution in [0.25, 0.3) is 0 Å². The molecule has 0 bridgehead atoms. The molecular formula is C13H21N5S. The molecule has 1 unspecified atom stereocenters. The second-order valence-corrected chi connectivity index (χ2v) is 6.61. The number of hydrogen-bond acceptors (Lipinski definition) is 6. The minimum atomic E-state index is 0.677. The quantitative estimate of drug-likeness (QED) is 0.890. The van der Waals surface area contributed by atoms with E-state index < -0.39 is 0 Å². The van der Waals surface area contributed by atoms with Crippen molar-refractivity contribution in [3.05, 3.63) is 5.82 Å². The Labute approximate surface area is 118 Å². The normalized spacial score (nSPS) is 29.1. The predicted octanol–water partition coefficient (Wildman–Crippen LogP) is 0.899. The minimum absolute atomic E-state index is 0.677. The minimum Gasteiger partial charge on any atom is -0.344 e. The van der Waals surface area contributed by atoms with Crippen molar-refractivity contribution in [2.24, 2.45) is 0 Å². The van der Waals surface area contributed by atoms with Gasteiger partial charge in [0.05, 0.1) is 0 Å². The smallest absolute Gasteiger partial charge is 0.205 e. The van der Waals surface area contributed by atoms with Gasteiger partial charge in [-0.25, -0.2) is 4.98 Å². The lowest BCUT2D eigenvalue weighted by molar-refractivity contribution is 0.196. The Morgan fingerprint density at radius 2 is 1.95 bits per heavy atom. The lowest BCUT2D eigenvalue weighted by Gasteiger charge is -2.37. The van der Waals surface area contributed by atoms with Gasteiger partial charge in [0, 0.05) is 56.2 Å². The zero-order chi connectivity index (χ0) is 12.7. The van der Waals surface area contributed by atoms with Gasteiger partial charge in [0.2, 0.25) is 5.13 Å². The van der Waals surface area contributed by atoms with Crippen molar-refractivity contribution in [3.63, 3.8) is 0 Å².